The van der Waals surface area contributed by atoms with Crippen LogP contribution in [0.25, 0.3) is 10.1 Å². The van der Waals surface area contributed by atoms with E-state index in [1.165, 1.54) is 22.5 Å². The zero-order chi connectivity index (χ0) is 21.1. The molecule has 0 unspecified atom stereocenters. The molecule has 30 heavy (non-hydrogen) atoms. The van der Waals surface area contributed by atoms with Gasteiger partial charge in [-0.2, -0.15) is 5.26 Å². The molecule has 4 rings (SSSR count). The van der Waals surface area contributed by atoms with Crippen molar-refractivity contribution < 1.29 is 4.79 Å². The van der Waals surface area contributed by atoms with E-state index in [1.807, 2.05) is 43.3 Å². The number of carbonyl (C=O) groups excluding carboxylic acids is 1. The average molecular weight is 433 g/mol. The quantitative estimate of drug-likeness (QED) is 0.460. The van der Waals surface area contributed by atoms with Crippen LogP contribution in [0.2, 0.25) is 0 Å². The molecule has 5 nitrogen and oxygen atoms in total. The van der Waals surface area contributed by atoms with E-state index in [0.717, 1.165) is 20.1 Å². The Kier molecular flexibility index (Phi) is 5.79. The molecular weight excluding hydrogens is 412 g/mol. The van der Waals surface area contributed by atoms with Crippen LogP contribution in [0.1, 0.15) is 32.1 Å². The molecule has 4 aromatic rings. The summed E-state index contributed by atoms with van der Waals surface area (Å²) in [6.07, 6.45) is 0. The van der Waals surface area contributed by atoms with Crippen LogP contribution in [0.3, 0.4) is 0 Å². The van der Waals surface area contributed by atoms with Gasteiger partial charge in [-0.05, 0) is 40.9 Å². The number of nitriles is 1. The molecule has 7 heteroatoms. The Morgan fingerprint density at radius 1 is 1.20 bits per heavy atom. The van der Waals surface area contributed by atoms with Gasteiger partial charge in [0.1, 0.15) is 5.69 Å². The van der Waals surface area contributed by atoms with Crippen molar-refractivity contribution in [3.63, 3.8) is 0 Å². The van der Waals surface area contributed by atoms with Gasteiger partial charge in [-0.3, -0.25) is 4.79 Å². The first-order valence-electron chi connectivity index (χ1n) is 9.47. The summed E-state index contributed by atoms with van der Waals surface area (Å²) < 4.78 is 1.10. The molecule has 1 N–H and O–H groups in total. The van der Waals surface area contributed by atoms with Crippen LogP contribution < -0.4 is 10.2 Å². The van der Waals surface area contributed by atoms with Crippen molar-refractivity contribution in [3.8, 4) is 6.07 Å². The lowest BCUT2D eigenvalue weighted by Crippen LogP contribution is -2.23. The molecule has 0 aliphatic rings. The van der Waals surface area contributed by atoms with Gasteiger partial charge in [-0.25, -0.2) is 4.98 Å². The predicted octanol–water partition coefficient (Wildman–Crippen LogP) is 5.10. The highest BCUT2D eigenvalue weighted by molar-refractivity contribution is 7.17. The number of thiazole rings is 1. The fraction of sp³-hybridized carbons (Fsp3) is 0.174. The Morgan fingerprint density at radius 3 is 2.73 bits per heavy atom. The zero-order valence-corrected chi connectivity index (χ0v) is 18.3. The molecule has 2 aromatic heterocycles. The van der Waals surface area contributed by atoms with Gasteiger partial charge >= 0.3 is 0 Å². The van der Waals surface area contributed by atoms with E-state index in [-0.39, 0.29) is 5.91 Å². The molecule has 0 aliphatic carbocycles. The van der Waals surface area contributed by atoms with E-state index in [0.29, 0.717) is 24.3 Å². The zero-order valence-electron chi connectivity index (χ0n) is 16.7. The molecule has 0 aliphatic heterocycles. The lowest BCUT2D eigenvalue weighted by molar-refractivity contribution is 0.0958. The molecule has 0 saturated carbocycles. The van der Waals surface area contributed by atoms with Gasteiger partial charge in [0, 0.05) is 29.7 Å². The lowest BCUT2D eigenvalue weighted by atomic mass is 10.1. The number of amides is 1. The van der Waals surface area contributed by atoms with Crippen molar-refractivity contribution >= 4 is 43.8 Å². The molecule has 0 spiro atoms. The van der Waals surface area contributed by atoms with Gasteiger partial charge in [0.2, 0.25) is 0 Å². The second kappa shape index (κ2) is 8.66. The number of thiophene rings is 1. The fourth-order valence-electron chi connectivity index (χ4n) is 3.32. The van der Waals surface area contributed by atoms with Crippen LogP contribution in [-0.2, 0) is 13.1 Å². The summed E-state index contributed by atoms with van der Waals surface area (Å²) in [5.74, 6) is -0.167. The van der Waals surface area contributed by atoms with Gasteiger partial charge in [0.05, 0.1) is 11.6 Å². The van der Waals surface area contributed by atoms with E-state index >= 15 is 0 Å². The van der Waals surface area contributed by atoms with Crippen LogP contribution in [-0.4, -0.2) is 17.9 Å². The third-order valence-electron chi connectivity index (χ3n) is 4.86. The average Bonchev–Trinajstić information content (AvgIpc) is 3.36. The summed E-state index contributed by atoms with van der Waals surface area (Å²) in [4.78, 5) is 19.9. The summed E-state index contributed by atoms with van der Waals surface area (Å²) in [6.45, 7) is 3.28. The Hall–Kier alpha value is -3.21. The molecule has 0 fully saturated rings. The highest BCUT2D eigenvalue weighted by atomic mass is 32.1. The minimum atomic E-state index is -0.167. The molecule has 150 valence electrons. The van der Waals surface area contributed by atoms with E-state index in [4.69, 9.17) is 5.26 Å². The summed E-state index contributed by atoms with van der Waals surface area (Å²) in [6, 6.07) is 18.3. The van der Waals surface area contributed by atoms with E-state index in [2.05, 4.69) is 38.8 Å². The van der Waals surface area contributed by atoms with Crippen LogP contribution in [0.5, 0.6) is 0 Å². The third-order valence-corrected chi connectivity index (χ3v) is 6.89. The first-order chi connectivity index (χ1) is 14.6. The maximum absolute atomic E-state index is 12.2. The second-order valence-corrected chi connectivity index (χ2v) is 9.00. The number of fused-ring (bicyclic) bond motifs is 1. The van der Waals surface area contributed by atoms with Gasteiger partial charge < -0.3 is 10.2 Å². The molecule has 0 radical (unpaired) electrons. The maximum Gasteiger partial charge on any atom is 0.270 e. The van der Waals surface area contributed by atoms with Gasteiger partial charge in [-0.1, -0.05) is 36.4 Å². The van der Waals surface area contributed by atoms with E-state index in [1.54, 1.807) is 18.4 Å². The molecule has 0 atom stereocenters. The molecule has 1 amide bonds. The minimum Gasteiger partial charge on any atom is -0.354 e. The number of aromatic nitrogens is 1. The topological polar surface area (TPSA) is 69.0 Å². The number of nitrogens with zero attached hydrogens (tertiary/aromatic N) is 3. The molecule has 0 saturated heterocycles. The SMILES string of the molecule is CNC(=O)c1nc(N(Cc2ccccc2)Cc2csc3cc(C#N)ccc23)sc1C. The Bertz CT molecular complexity index is 1240. The van der Waals surface area contributed by atoms with Crippen molar-refractivity contribution in [1.29, 1.82) is 5.26 Å². The third kappa shape index (κ3) is 4.06. The van der Waals surface area contributed by atoms with Crippen molar-refractivity contribution in [3.05, 3.63) is 81.2 Å². The van der Waals surface area contributed by atoms with Crippen molar-refractivity contribution in [2.24, 2.45) is 0 Å². The van der Waals surface area contributed by atoms with Gasteiger partial charge in [0.25, 0.3) is 5.91 Å². The van der Waals surface area contributed by atoms with Crippen LogP contribution in [0.15, 0.2) is 53.9 Å². The number of rotatable bonds is 6. The first kappa shape index (κ1) is 20.1. The number of benzene rings is 2. The van der Waals surface area contributed by atoms with Crippen molar-refractivity contribution in [2.45, 2.75) is 20.0 Å². The summed E-state index contributed by atoms with van der Waals surface area (Å²) in [5.41, 5.74) is 3.51. The summed E-state index contributed by atoms with van der Waals surface area (Å²) in [5, 5.41) is 15.9. The van der Waals surface area contributed by atoms with Gasteiger partial charge in [-0.15, -0.1) is 22.7 Å². The number of hydrogen-bond donors (Lipinski definition) is 1. The monoisotopic (exact) mass is 432 g/mol. The van der Waals surface area contributed by atoms with E-state index in [9.17, 15) is 4.79 Å². The lowest BCUT2D eigenvalue weighted by Gasteiger charge is -2.22. The number of carbonyl (C=O) groups is 1. The Balaban J connectivity index is 1.71. The normalized spacial score (nSPS) is 10.7. The van der Waals surface area contributed by atoms with Crippen LogP contribution >= 0.6 is 22.7 Å². The fourth-order valence-corrected chi connectivity index (χ4v) is 5.22. The smallest absolute Gasteiger partial charge is 0.270 e. The second-order valence-electron chi connectivity index (χ2n) is 6.91. The minimum absolute atomic E-state index is 0.167. The maximum atomic E-state index is 12.2. The van der Waals surface area contributed by atoms with Crippen molar-refractivity contribution in [2.75, 3.05) is 11.9 Å². The molecule has 0 bridgehead atoms. The number of anilines is 1. The first-order valence-corrected chi connectivity index (χ1v) is 11.2. The van der Waals surface area contributed by atoms with Crippen LogP contribution in [0.4, 0.5) is 5.13 Å². The highest BCUT2D eigenvalue weighted by Gasteiger charge is 2.20. The summed E-state index contributed by atoms with van der Waals surface area (Å²) in [7, 11) is 1.62. The highest BCUT2D eigenvalue weighted by Crippen LogP contribution is 2.32. The van der Waals surface area contributed by atoms with Crippen LogP contribution in [0, 0.1) is 18.3 Å². The Morgan fingerprint density at radius 2 is 2.00 bits per heavy atom. The molecule has 2 heterocycles. The predicted molar refractivity (Wildman–Crippen MR) is 123 cm³/mol. The molecular formula is C23H20N4OS2. The Labute approximate surface area is 183 Å². The van der Waals surface area contributed by atoms with Crippen molar-refractivity contribution in [1.82, 2.24) is 10.3 Å². The largest absolute Gasteiger partial charge is 0.354 e. The summed E-state index contributed by atoms with van der Waals surface area (Å²) >= 11 is 3.18. The standard InChI is InChI=1S/C23H20N4OS2/c1-15-21(22(28)25-2)26-23(30-15)27(12-16-6-4-3-5-7-16)13-18-14-29-20-10-17(11-24)8-9-19(18)20/h3-10,14H,12-13H2,1-2H3,(H,25,28). The number of aryl methyl sites for hydroxylation is 1. The van der Waals surface area contributed by atoms with E-state index < -0.39 is 0 Å². The number of nitrogens with one attached hydrogen (secondary N) is 1. The number of hydrogen-bond acceptors (Lipinski definition) is 6. The van der Waals surface area contributed by atoms with Gasteiger partial charge in [0.15, 0.2) is 5.13 Å². The molecule has 2 aromatic carbocycles.